The summed E-state index contributed by atoms with van der Waals surface area (Å²) in [6, 6.07) is 6.87. The van der Waals surface area contributed by atoms with Crippen LogP contribution in [0.4, 0.5) is 10.3 Å². The van der Waals surface area contributed by atoms with Crippen LogP contribution in [0.15, 0.2) is 29.1 Å². The Hall–Kier alpha value is -2.21. The highest BCUT2D eigenvalue weighted by molar-refractivity contribution is 5.35. The van der Waals surface area contributed by atoms with E-state index in [1.54, 1.807) is 6.07 Å². The average Bonchev–Trinajstić information content (AvgIpc) is 2.63. The number of rotatable bonds is 3. The molecular formula is C20H25FN4O. The monoisotopic (exact) mass is 356 g/mol. The summed E-state index contributed by atoms with van der Waals surface area (Å²) in [5, 5.41) is 0. The van der Waals surface area contributed by atoms with E-state index in [2.05, 4.69) is 21.7 Å². The van der Waals surface area contributed by atoms with Crippen LogP contribution in [0.1, 0.15) is 36.6 Å². The molecule has 1 saturated heterocycles. The van der Waals surface area contributed by atoms with E-state index in [9.17, 15) is 9.18 Å². The summed E-state index contributed by atoms with van der Waals surface area (Å²) >= 11 is 0. The minimum absolute atomic E-state index is 0.0197. The third-order valence-corrected chi connectivity index (χ3v) is 5.45. The number of fused-ring (bicyclic) bond motifs is 1. The maximum atomic E-state index is 13.9. The van der Waals surface area contributed by atoms with Crippen molar-refractivity contribution in [2.45, 2.75) is 39.3 Å². The van der Waals surface area contributed by atoms with Crippen LogP contribution >= 0.6 is 0 Å². The molecule has 1 N–H and O–H groups in total. The molecule has 4 rings (SSSR count). The number of halogens is 1. The second-order valence-corrected chi connectivity index (χ2v) is 7.56. The second kappa shape index (κ2) is 7.19. The van der Waals surface area contributed by atoms with E-state index >= 15 is 0 Å². The minimum atomic E-state index is -0.180. The highest BCUT2D eigenvalue weighted by Crippen LogP contribution is 2.22. The number of nitrogens with zero attached hydrogens (tertiary/aromatic N) is 3. The average molecular weight is 356 g/mol. The Balaban J connectivity index is 1.56. The lowest BCUT2D eigenvalue weighted by Gasteiger charge is -2.33. The molecule has 0 unspecified atom stereocenters. The van der Waals surface area contributed by atoms with E-state index in [0.717, 1.165) is 37.3 Å². The van der Waals surface area contributed by atoms with Crippen LogP contribution in [-0.4, -0.2) is 34.5 Å². The number of H-pyrrole nitrogens is 1. The van der Waals surface area contributed by atoms with Gasteiger partial charge in [0.25, 0.3) is 5.56 Å². The molecule has 2 aromatic rings. The smallest absolute Gasteiger partial charge is 0.255 e. The third-order valence-electron chi connectivity index (χ3n) is 5.45. The van der Waals surface area contributed by atoms with E-state index in [4.69, 9.17) is 4.98 Å². The molecule has 2 aliphatic rings. The summed E-state index contributed by atoms with van der Waals surface area (Å²) in [6.45, 7) is 5.97. The Bertz CT molecular complexity index is 850. The molecule has 26 heavy (non-hydrogen) atoms. The molecule has 1 fully saturated rings. The fourth-order valence-corrected chi connectivity index (χ4v) is 4.01. The molecule has 2 aliphatic heterocycles. The Morgan fingerprint density at radius 2 is 2.15 bits per heavy atom. The largest absolute Gasteiger partial charge is 0.342 e. The van der Waals surface area contributed by atoms with E-state index in [-0.39, 0.29) is 11.4 Å². The van der Waals surface area contributed by atoms with Crippen molar-refractivity contribution in [3.05, 3.63) is 57.3 Å². The van der Waals surface area contributed by atoms with Crippen molar-refractivity contribution < 1.29 is 4.39 Å². The maximum absolute atomic E-state index is 13.9. The number of nitrogens with one attached hydrogen (secondary N) is 1. The Morgan fingerprint density at radius 3 is 2.96 bits per heavy atom. The van der Waals surface area contributed by atoms with Gasteiger partial charge in [-0.2, -0.15) is 0 Å². The van der Waals surface area contributed by atoms with Gasteiger partial charge in [0.05, 0.1) is 5.69 Å². The molecular weight excluding hydrogens is 331 g/mol. The molecule has 0 aliphatic carbocycles. The Kier molecular flexibility index (Phi) is 4.76. The summed E-state index contributed by atoms with van der Waals surface area (Å²) in [6.07, 6.45) is 3.01. The molecule has 6 heteroatoms. The molecule has 3 heterocycles. The quantitative estimate of drug-likeness (QED) is 0.919. The Morgan fingerprint density at radius 1 is 1.31 bits per heavy atom. The fourth-order valence-electron chi connectivity index (χ4n) is 4.01. The van der Waals surface area contributed by atoms with Gasteiger partial charge < -0.3 is 4.90 Å². The van der Waals surface area contributed by atoms with Crippen LogP contribution in [0.2, 0.25) is 0 Å². The van der Waals surface area contributed by atoms with Crippen molar-refractivity contribution in [1.82, 2.24) is 14.9 Å². The van der Waals surface area contributed by atoms with Crippen molar-refractivity contribution >= 4 is 5.95 Å². The normalized spacial score (nSPS) is 20.8. The summed E-state index contributed by atoms with van der Waals surface area (Å²) in [5.41, 5.74) is 2.28. The van der Waals surface area contributed by atoms with Gasteiger partial charge >= 0.3 is 0 Å². The van der Waals surface area contributed by atoms with Crippen LogP contribution < -0.4 is 10.5 Å². The van der Waals surface area contributed by atoms with Gasteiger partial charge in [-0.15, -0.1) is 0 Å². The van der Waals surface area contributed by atoms with Gasteiger partial charge in [-0.3, -0.25) is 14.7 Å². The number of hydrogen-bond acceptors (Lipinski definition) is 4. The first-order chi connectivity index (χ1) is 12.6. The first-order valence-electron chi connectivity index (χ1n) is 9.43. The van der Waals surface area contributed by atoms with Gasteiger partial charge in [0.2, 0.25) is 5.95 Å². The van der Waals surface area contributed by atoms with Gasteiger partial charge in [0.15, 0.2) is 0 Å². The fraction of sp³-hybridized carbons (Fsp3) is 0.500. The molecule has 0 spiro atoms. The van der Waals surface area contributed by atoms with Crippen LogP contribution in [0.25, 0.3) is 0 Å². The number of piperidine rings is 1. The molecule has 0 bridgehead atoms. The molecule has 1 atom stereocenters. The lowest BCUT2D eigenvalue weighted by atomic mass is 10.0. The highest BCUT2D eigenvalue weighted by atomic mass is 19.1. The van der Waals surface area contributed by atoms with Crippen LogP contribution in [0.5, 0.6) is 0 Å². The summed E-state index contributed by atoms with van der Waals surface area (Å²) in [7, 11) is 0. The first-order valence-corrected chi connectivity index (χ1v) is 9.43. The summed E-state index contributed by atoms with van der Waals surface area (Å²) < 4.78 is 13.9. The number of benzene rings is 1. The molecule has 0 radical (unpaired) electrons. The SMILES string of the molecule is C[C@H]1CCCN(c2nc3c(c(=O)[nH]2)CCN(Cc2ccccc2F)C3)C1. The van der Waals surface area contributed by atoms with E-state index in [1.807, 2.05) is 12.1 Å². The summed E-state index contributed by atoms with van der Waals surface area (Å²) in [5.74, 6) is 1.12. The molecule has 1 aromatic carbocycles. The van der Waals surface area contributed by atoms with Crippen molar-refractivity contribution in [3.63, 3.8) is 0 Å². The van der Waals surface area contributed by atoms with Gasteiger partial charge in [-0.05, 0) is 31.2 Å². The van der Waals surface area contributed by atoms with Gasteiger partial charge in [0.1, 0.15) is 5.82 Å². The zero-order valence-electron chi connectivity index (χ0n) is 15.2. The molecule has 1 aromatic heterocycles. The van der Waals surface area contributed by atoms with Crippen molar-refractivity contribution in [2.75, 3.05) is 24.5 Å². The topological polar surface area (TPSA) is 52.2 Å². The first kappa shape index (κ1) is 17.2. The van der Waals surface area contributed by atoms with Crippen molar-refractivity contribution in [2.24, 2.45) is 5.92 Å². The van der Waals surface area contributed by atoms with Gasteiger partial charge in [-0.1, -0.05) is 25.1 Å². The molecule has 138 valence electrons. The van der Waals surface area contributed by atoms with Crippen LogP contribution in [0, 0.1) is 11.7 Å². The van der Waals surface area contributed by atoms with Crippen LogP contribution in [-0.2, 0) is 19.5 Å². The van der Waals surface area contributed by atoms with E-state index in [0.29, 0.717) is 36.9 Å². The van der Waals surface area contributed by atoms with Gasteiger partial charge in [0, 0.05) is 43.9 Å². The van der Waals surface area contributed by atoms with E-state index < -0.39 is 0 Å². The predicted molar refractivity (Wildman–Crippen MR) is 99.7 cm³/mol. The molecule has 0 amide bonds. The molecule has 0 saturated carbocycles. The predicted octanol–water partition coefficient (Wildman–Crippen LogP) is 2.70. The lowest BCUT2D eigenvalue weighted by Crippen LogP contribution is -2.39. The number of anilines is 1. The number of aromatic amines is 1. The standard InChI is InChI=1S/C20H25FN4O/c1-14-5-4-9-25(11-14)20-22-18-13-24(10-8-16(18)19(26)23-20)12-15-6-2-3-7-17(15)21/h2-3,6-7,14H,4-5,8-13H2,1H3,(H,22,23,26)/t14-/m0/s1. The maximum Gasteiger partial charge on any atom is 0.255 e. The third kappa shape index (κ3) is 3.51. The van der Waals surface area contributed by atoms with E-state index in [1.165, 1.54) is 12.5 Å². The van der Waals surface area contributed by atoms with Crippen molar-refractivity contribution in [1.29, 1.82) is 0 Å². The molecule has 5 nitrogen and oxygen atoms in total. The number of hydrogen-bond donors (Lipinski definition) is 1. The zero-order valence-corrected chi connectivity index (χ0v) is 15.2. The number of aromatic nitrogens is 2. The van der Waals surface area contributed by atoms with Crippen molar-refractivity contribution in [3.8, 4) is 0 Å². The lowest BCUT2D eigenvalue weighted by molar-refractivity contribution is 0.237. The Labute approximate surface area is 152 Å². The second-order valence-electron chi connectivity index (χ2n) is 7.56. The minimum Gasteiger partial charge on any atom is -0.342 e. The zero-order chi connectivity index (χ0) is 18.1. The van der Waals surface area contributed by atoms with Crippen LogP contribution in [0.3, 0.4) is 0 Å². The van der Waals surface area contributed by atoms with Gasteiger partial charge in [-0.25, -0.2) is 9.37 Å². The summed E-state index contributed by atoms with van der Waals surface area (Å²) in [4.78, 5) is 24.6. The highest BCUT2D eigenvalue weighted by Gasteiger charge is 2.24.